The van der Waals surface area contributed by atoms with Crippen LogP contribution >= 0.6 is 0 Å². The van der Waals surface area contributed by atoms with Gasteiger partial charge in [0.15, 0.2) is 17.1 Å². The number of halogens is 1. The summed E-state index contributed by atoms with van der Waals surface area (Å²) in [5.41, 5.74) is 6.10. The van der Waals surface area contributed by atoms with E-state index in [0.29, 0.717) is 11.5 Å². The van der Waals surface area contributed by atoms with Gasteiger partial charge in [-0.25, -0.2) is 4.39 Å². The highest BCUT2D eigenvalue weighted by molar-refractivity contribution is 6.08. The number of rotatable bonds is 7. The van der Waals surface area contributed by atoms with E-state index in [1.54, 1.807) is 33.5 Å². The molecule has 222 valence electrons. The van der Waals surface area contributed by atoms with E-state index in [4.69, 9.17) is 18.9 Å². The van der Waals surface area contributed by atoms with E-state index in [0.717, 1.165) is 62.9 Å². The number of benzene rings is 5. The van der Waals surface area contributed by atoms with Crippen molar-refractivity contribution in [1.29, 1.82) is 0 Å². The Morgan fingerprint density at radius 3 is 2.11 bits per heavy atom. The lowest BCUT2D eigenvalue weighted by Crippen LogP contribution is -2.35. The molecule has 0 radical (unpaired) electrons. The summed E-state index contributed by atoms with van der Waals surface area (Å²) in [7, 11) is 4.94. The molecule has 0 amide bonds. The van der Waals surface area contributed by atoms with E-state index in [-0.39, 0.29) is 11.2 Å². The zero-order valence-corrected chi connectivity index (χ0v) is 25.7. The smallest absolute Gasteiger partial charge is 0.178 e. The first-order valence-electron chi connectivity index (χ1n) is 15.1. The Bertz CT molecular complexity index is 1940. The molecule has 1 aliphatic heterocycles. The molecular formula is C39H35FO4. The molecule has 0 N–H and O–H groups in total. The molecule has 1 heterocycles. The molecule has 0 spiro atoms. The molecule has 5 heteroatoms. The maximum absolute atomic E-state index is 14.8. The predicted octanol–water partition coefficient (Wildman–Crippen LogP) is 9.44. The Morgan fingerprint density at radius 1 is 0.727 bits per heavy atom. The maximum Gasteiger partial charge on any atom is 0.178 e. The summed E-state index contributed by atoms with van der Waals surface area (Å²) in [5.74, 6) is 2.63. The first-order valence-corrected chi connectivity index (χ1v) is 15.1. The van der Waals surface area contributed by atoms with Gasteiger partial charge in [0, 0.05) is 27.5 Å². The topological polar surface area (TPSA) is 36.9 Å². The van der Waals surface area contributed by atoms with Crippen LogP contribution in [0.25, 0.3) is 28.0 Å². The van der Waals surface area contributed by atoms with Gasteiger partial charge in [-0.1, -0.05) is 68.5 Å². The van der Waals surface area contributed by atoms with Crippen LogP contribution in [0.4, 0.5) is 4.39 Å². The second-order valence-electron chi connectivity index (χ2n) is 11.5. The highest BCUT2D eigenvalue weighted by Crippen LogP contribution is 2.60. The minimum Gasteiger partial charge on any atom is -0.497 e. The van der Waals surface area contributed by atoms with Gasteiger partial charge < -0.3 is 18.9 Å². The molecule has 2 aliphatic rings. The number of hydrogen-bond acceptors (Lipinski definition) is 4. The summed E-state index contributed by atoms with van der Waals surface area (Å²) in [6.07, 6.45) is 6.04. The van der Waals surface area contributed by atoms with Crippen LogP contribution in [0.2, 0.25) is 0 Å². The molecule has 0 fully saturated rings. The van der Waals surface area contributed by atoms with Crippen molar-refractivity contribution in [2.45, 2.75) is 37.7 Å². The van der Waals surface area contributed by atoms with E-state index in [1.165, 1.54) is 11.1 Å². The number of fused-ring (bicyclic) bond motifs is 8. The fraction of sp³-hybridized carbons (Fsp3) is 0.231. The molecule has 0 aromatic heterocycles. The summed E-state index contributed by atoms with van der Waals surface area (Å²) in [5, 5.41) is 2.12. The van der Waals surface area contributed by atoms with Crippen molar-refractivity contribution in [3.63, 3.8) is 0 Å². The number of ether oxygens (including phenoxy) is 4. The largest absolute Gasteiger partial charge is 0.497 e. The van der Waals surface area contributed by atoms with E-state index in [9.17, 15) is 4.39 Å². The van der Waals surface area contributed by atoms with Gasteiger partial charge in [0.1, 0.15) is 17.3 Å². The van der Waals surface area contributed by atoms with Crippen molar-refractivity contribution in [2.24, 2.45) is 0 Å². The molecule has 0 saturated heterocycles. The molecule has 7 rings (SSSR count). The third kappa shape index (κ3) is 3.81. The van der Waals surface area contributed by atoms with Crippen molar-refractivity contribution in [1.82, 2.24) is 0 Å². The second kappa shape index (κ2) is 10.4. The minimum atomic E-state index is -0.978. The standard InChI is InChI=1S/C39H35FO4/c1-6-38(7-2)32-23-26(40)15-18-30(32)35-28-10-8-9-11-29(28)37-31(36(35)38)20-21-39(44-37,24-12-16-27(41-3)17-13-24)25-14-19-33(42-4)34(22-25)43-5/h8-23H,6-7H2,1-5H3. The molecule has 0 saturated carbocycles. The fourth-order valence-electron chi connectivity index (χ4n) is 7.50. The lowest BCUT2D eigenvalue weighted by atomic mass is 9.71. The van der Waals surface area contributed by atoms with Crippen molar-refractivity contribution in [3.05, 3.63) is 125 Å². The van der Waals surface area contributed by atoms with Crippen LogP contribution in [0.1, 0.15) is 54.5 Å². The lowest BCUT2D eigenvalue weighted by molar-refractivity contribution is 0.162. The molecule has 1 unspecified atom stereocenters. The van der Waals surface area contributed by atoms with Crippen LogP contribution < -0.4 is 18.9 Å². The molecule has 44 heavy (non-hydrogen) atoms. The van der Waals surface area contributed by atoms with E-state index < -0.39 is 5.60 Å². The zero-order chi connectivity index (χ0) is 30.6. The minimum absolute atomic E-state index is 0.209. The Morgan fingerprint density at radius 2 is 1.43 bits per heavy atom. The highest BCUT2D eigenvalue weighted by atomic mass is 19.1. The molecule has 1 aliphatic carbocycles. The van der Waals surface area contributed by atoms with E-state index in [2.05, 4.69) is 50.3 Å². The monoisotopic (exact) mass is 586 g/mol. The van der Waals surface area contributed by atoms with Crippen LogP contribution in [-0.2, 0) is 11.0 Å². The molecule has 5 aromatic carbocycles. The Hall–Kier alpha value is -4.77. The maximum atomic E-state index is 14.8. The van der Waals surface area contributed by atoms with Gasteiger partial charge in [0.2, 0.25) is 0 Å². The predicted molar refractivity (Wildman–Crippen MR) is 174 cm³/mol. The van der Waals surface area contributed by atoms with Crippen molar-refractivity contribution in [2.75, 3.05) is 21.3 Å². The third-order valence-electron chi connectivity index (χ3n) is 9.74. The Labute approximate surface area is 257 Å². The highest BCUT2D eigenvalue weighted by Gasteiger charge is 2.47. The summed E-state index contributed by atoms with van der Waals surface area (Å²) < 4.78 is 39.0. The molecule has 0 bridgehead atoms. The molecule has 5 aromatic rings. The van der Waals surface area contributed by atoms with Gasteiger partial charge in [-0.2, -0.15) is 0 Å². The second-order valence-corrected chi connectivity index (χ2v) is 11.5. The quantitative estimate of drug-likeness (QED) is 0.190. The first-order chi connectivity index (χ1) is 21.4. The zero-order valence-electron chi connectivity index (χ0n) is 25.7. The van der Waals surface area contributed by atoms with Crippen LogP contribution in [0, 0.1) is 5.82 Å². The Kier molecular flexibility index (Phi) is 6.65. The van der Waals surface area contributed by atoms with Gasteiger partial charge in [-0.3, -0.25) is 0 Å². The normalized spacial score (nSPS) is 17.4. The molecule has 1 atom stereocenters. The number of hydrogen-bond donors (Lipinski definition) is 0. The summed E-state index contributed by atoms with van der Waals surface area (Å²) in [4.78, 5) is 0. The average molecular weight is 587 g/mol. The fourth-order valence-corrected chi connectivity index (χ4v) is 7.50. The first kappa shape index (κ1) is 28.0. The van der Waals surface area contributed by atoms with Crippen LogP contribution in [-0.4, -0.2) is 21.3 Å². The van der Waals surface area contributed by atoms with Gasteiger partial charge in [0.05, 0.1) is 21.3 Å². The van der Waals surface area contributed by atoms with E-state index >= 15 is 0 Å². The average Bonchev–Trinajstić information content (AvgIpc) is 3.37. The van der Waals surface area contributed by atoms with Crippen molar-refractivity contribution < 1.29 is 23.3 Å². The van der Waals surface area contributed by atoms with Crippen molar-refractivity contribution in [3.8, 4) is 34.1 Å². The van der Waals surface area contributed by atoms with Gasteiger partial charge in [-0.05, 0) is 83.0 Å². The van der Waals surface area contributed by atoms with Crippen LogP contribution in [0.5, 0.6) is 23.0 Å². The Balaban J connectivity index is 1.55. The summed E-state index contributed by atoms with van der Waals surface area (Å²) >= 11 is 0. The van der Waals surface area contributed by atoms with Gasteiger partial charge in [0.25, 0.3) is 0 Å². The SMILES string of the molecule is CCC1(CC)c2cc(F)ccc2-c2c1c1c(c3ccccc23)OC(c2ccc(OC)cc2)(c2ccc(OC)c(OC)c2)C=C1. The summed E-state index contributed by atoms with van der Waals surface area (Å²) in [6, 6.07) is 27.6. The summed E-state index contributed by atoms with van der Waals surface area (Å²) in [6.45, 7) is 4.40. The van der Waals surface area contributed by atoms with Crippen LogP contribution in [0.15, 0.2) is 91.0 Å². The molecular weight excluding hydrogens is 551 g/mol. The molecule has 4 nitrogen and oxygen atoms in total. The van der Waals surface area contributed by atoms with Crippen LogP contribution in [0.3, 0.4) is 0 Å². The number of methoxy groups -OCH3 is 3. The van der Waals surface area contributed by atoms with Crippen molar-refractivity contribution >= 4 is 16.8 Å². The third-order valence-corrected chi connectivity index (χ3v) is 9.74. The lowest BCUT2D eigenvalue weighted by Gasteiger charge is -2.39. The van der Waals surface area contributed by atoms with Gasteiger partial charge >= 0.3 is 0 Å². The van der Waals surface area contributed by atoms with E-state index in [1.807, 2.05) is 48.5 Å². The van der Waals surface area contributed by atoms with Gasteiger partial charge in [-0.15, -0.1) is 0 Å².